The van der Waals surface area contributed by atoms with E-state index in [-0.39, 0.29) is 6.04 Å². The van der Waals surface area contributed by atoms with Crippen molar-refractivity contribution in [2.24, 2.45) is 11.3 Å². The highest BCUT2D eigenvalue weighted by Gasteiger charge is 2.14. The van der Waals surface area contributed by atoms with E-state index in [0.717, 1.165) is 18.6 Å². The van der Waals surface area contributed by atoms with E-state index in [1.807, 2.05) is 24.3 Å². The molecule has 18 heavy (non-hydrogen) atoms. The second-order valence-corrected chi connectivity index (χ2v) is 6.16. The molecule has 0 fully saturated rings. The highest BCUT2D eigenvalue weighted by molar-refractivity contribution is 6.30. The average molecular weight is 271 g/mol. The van der Waals surface area contributed by atoms with Gasteiger partial charge in [-0.1, -0.05) is 32.4 Å². The van der Waals surface area contributed by atoms with Crippen molar-refractivity contribution in [1.82, 2.24) is 5.43 Å². The zero-order valence-electron chi connectivity index (χ0n) is 11.4. The zero-order valence-corrected chi connectivity index (χ0v) is 12.1. The van der Waals surface area contributed by atoms with Crippen LogP contribution in [0.5, 0.6) is 5.75 Å². The summed E-state index contributed by atoms with van der Waals surface area (Å²) < 4.78 is 5.68. The van der Waals surface area contributed by atoms with E-state index >= 15 is 0 Å². The van der Waals surface area contributed by atoms with E-state index in [2.05, 4.69) is 26.2 Å². The van der Waals surface area contributed by atoms with Crippen molar-refractivity contribution in [2.75, 3.05) is 6.61 Å². The number of hydrogen-bond acceptors (Lipinski definition) is 3. The number of rotatable bonds is 6. The van der Waals surface area contributed by atoms with Gasteiger partial charge in [-0.2, -0.15) is 0 Å². The smallest absolute Gasteiger partial charge is 0.119 e. The summed E-state index contributed by atoms with van der Waals surface area (Å²) in [6.07, 6.45) is 2.10. The normalized spacial score (nSPS) is 13.4. The van der Waals surface area contributed by atoms with E-state index in [1.165, 1.54) is 0 Å². The molecule has 0 bridgehead atoms. The molecule has 0 spiro atoms. The lowest BCUT2D eigenvalue weighted by Crippen LogP contribution is -2.40. The predicted molar refractivity (Wildman–Crippen MR) is 76.7 cm³/mol. The van der Waals surface area contributed by atoms with Gasteiger partial charge in [-0.05, 0) is 42.5 Å². The van der Waals surface area contributed by atoms with Crippen molar-refractivity contribution in [3.8, 4) is 5.75 Å². The van der Waals surface area contributed by atoms with Crippen molar-refractivity contribution < 1.29 is 4.74 Å². The highest BCUT2D eigenvalue weighted by atomic mass is 35.5. The molecule has 1 aromatic carbocycles. The minimum Gasteiger partial charge on any atom is -0.492 e. The Labute approximate surface area is 115 Å². The lowest BCUT2D eigenvalue weighted by Gasteiger charge is -2.22. The molecule has 3 N–H and O–H groups in total. The monoisotopic (exact) mass is 270 g/mol. The predicted octanol–water partition coefficient (Wildman–Crippen LogP) is 3.38. The lowest BCUT2D eigenvalue weighted by molar-refractivity contribution is 0.237. The van der Waals surface area contributed by atoms with E-state index < -0.39 is 0 Å². The molecule has 102 valence electrons. The van der Waals surface area contributed by atoms with Gasteiger partial charge in [0.25, 0.3) is 0 Å². The van der Waals surface area contributed by atoms with Crippen LogP contribution >= 0.6 is 11.6 Å². The Balaban J connectivity index is 2.37. The lowest BCUT2D eigenvalue weighted by atomic mass is 9.89. The van der Waals surface area contributed by atoms with Crippen LogP contribution in [0.4, 0.5) is 0 Å². The molecule has 0 heterocycles. The van der Waals surface area contributed by atoms with E-state index in [9.17, 15) is 0 Å². The fraction of sp³-hybridized carbons (Fsp3) is 0.571. The minimum absolute atomic E-state index is 0.167. The van der Waals surface area contributed by atoms with Crippen LogP contribution in [0, 0.1) is 5.41 Å². The average Bonchev–Trinajstić information content (AvgIpc) is 2.30. The van der Waals surface area contributed by atoms with Crippen molar-refractivity contribution in [2.45, 2.75) is 39.7 Å². The van der Waals surface area contributed by atoms with Gasteiger partial charge in [0.15, 0.2) is 0 Å². The standard InChI is InChI=1S/C14H23ClN2O/c1-14(2,3)9-8-12(17-16)10-18-13-6-4-11(15)5-7-13/h4-7,12,17H,8-10,16H2,1-3H3. The number of benzene rings is 1. The van der Waals surface area contributed by atoms with Crippen LogP contribution in [0.25, 0.3) is 0 Å². The largest absolute Gasteiger partial charge is 0.492 e. The SMILES string of the molecule is CC(C)(C)CCC(COc1ccc(Cl)cc1)NN. The molecule has 0 aliphatic heterocycles. The molecule has 0 saturated heterocycles. The molecule has 0 amide bonds. The number of halogens is 1. The van der Waals surface area contributed by atoms with Crippen LogP contribution in [-0.2, 0) is 0 Å². The highest BCUT2D eigenvalue weighted by Crippen LogP contribution is 2.22. The third-order valence-corrected chi connectivity index (χ3v) is 3.00. The minimum atomic E-state index is 0.167. The first-order valence-corrected chi connectivity index (χ1v) is 6.63. The topological polar surface area (TPSA) is 47.3 Å². The summed E-state index contributed by atoms with van der Waals surface area (Å²) in [4.78, 5) is 0. The number of ether oxygens (including phenoxy) is 1. The Hall–Kier alpha value is -0.770. The van der Waals surface area contributed by atoms with E-state index in [1.54, 1.807) is 0 Å². The number of hydrogen-bond donors (Lipinski definition) is 2. The first kappa shape index (κ1) is 15.3. The van der Waals surface area contributed by atoms with Gasteiger partial charge in [0, 0.05) is 5.02 Å². The fourth-order valence-electron chi connectivity index (χ4n) is 1.55. The first-order chi connectivity index (χ1) is 8.40. The maximum atomic E-state index is 5.81. The molecule has 0 aromatic heterocycles. The second-order valence-electron chi connectivity index (χ2n) is 5.73. The Morgan fingerprint density at radius 1 is 1.28 bits per heavy atom. The molecule has 1 unspecified atom stereocenters. The molecule has 0 saturated carbocycles. The van der Waals surface area contributed by atoms with Gasteiger partial charge in [-0.3, -0.25) is 11.3 Å². The molecule has 0 aliphatic carbocycles. The Bertz CT molecular complexity index is 346. The van der Waals surface area contributed by atoms with Gasteiger partial charge in [-0.15, -0.1) is 0 Å². The van der Waals surface area contributed by atoms with Crippen molar-refractivity contribution in [3.63, 3.8) is 0 Å². The van der Waals surface area contributed by atoms with Crippen LogP contribution in [0.2, 0.25) is 5.02 Å². The van der Waals surface area contributed by atoms with Crippen molar-refractivity contribution in [3.05, 3.63) is 29.3 Å². The van der Waals surface area contributed by atoms with Crippen LogP contribution in [0.15, 0.2) is 24.3 Å². The summed E-state index contributed by atoms with van der Waals surface area (Å²) in [6, 6.07) is 7.52. The van der Waals surface area contributed by atoms with E-state index in [4.69, 9.17) is 22.2 Å². The van der Waals surface area contributed by atoms with Gasteiger partial charge in [-0.25, -0.2) is 0 Å². The Morgan fingerprint density at radius 3 is 2.39 bits per heavy atom. The Kier molecular flexibility index (Phi) is 5.93. The third kappa shape index (κ3) is 6.24. The molecule has 1 aromatic rings. The summed E-state index contributed by atoms with van der Waals surface area (Å²) in [6.45, 7) is 7.23. The maximum absolute atomic E-state index is 5.81. The molecule has 1 atom stereocenters. The number of hydrazine groups is 1. The summed E-state index contributed by atoms with van der Waals surface area (Å²) in [5.74, 6) is 6.35. The van der Waals surface area contributed by atoms with Crippen LogP contribution < -0.4 is 16.0 Å². The van der Waals surface area contributed by atoms with Gasteiger partial charge in [0.1, 0.15) is 12.4 Å². The zero-order chi connectivity index (χ0) is 13.6. The molecule has 0 radical (unpaired) electrons. The maximum Gasteiger partial charge on any atom is 0.119 e. The van der Waals surface area contributed by atoms with Gasteiger partial charge in [0.05, 0.1) is 6.04 Å². The third-order valence-electron chi connectivity index (χ3n) is 2.74. The summed E-state index contributed by atoms with van der Waals surface area (Å²) in [7, 11) is 0. The molecule has 4 heteroatoms. The first-order valence-electron chi connectivity index (χ1n) is 6.25. The van der Waals surface area contributed by atoms with Crippen LogP contribution in [0.3, 0.4) is 0 Å². The van der Waals surface area contributed by atoms with E-state index in [0.29, 0.717) is 17.0 Å². The number of nitrogens with one attached hydrogen (secondary N) is 1. The van der Waals surface area contributed by atoms with Gasteiger partial charge < -0.3 is 4.74 Å². The molecule has 1 rings (SSSR count). The van der Waals surface area contributed by atoms with Crippen molar-refractivity contribution >= 4 is 11.6 Å². The quantitative estimate of drug-likeness (QED) is 0.615. The molecular formula is C14H23ClN2O. The number of nitrogens with two attached hydrogens (primary N) is 1. The fourth-order valence-corrected chi connectivity index (χ4v) is 1.68. The summed E-state index contributed by atoms with van der Waals surface area (Å²) in [5.41, 5.74) is 3.12. The van der Waals surface area contributed by atoms with Gasteiger partial charge in [0.2, 0.25) is 0 Å². The summed E-state index contributed by atoms with van der Waals surface area (Å²) in [5, 5.41) is 0.712. The molecule has 0 aliphatic rings. The molecule has 3 nitrogen and oxygen atoms in total. The summed E-state index contributed by atoms with van der Waals surface area (Å²) >= 11 is 5.81. The van der Waals surface area contributed by atoms with Crippen LogP contribution in [0.1, 0.15) is 33.6 Å². The Morgan fingerprint density at radius 2 is 1.89 bits per heavy atom. The van der Waals surface area contributed by atoms with Crippen molar-refractivity contribution in [1.29, 1.82) is 0 Å². The second kappa shape index (κ2) is 6.98. The molecular weight excluding hydrogens is 248 g/mol. The van der Waals surface area contributed by atoms with Crippen LogP contribution in [-0.4, -0.2) is 12.6 Å². The van der Waals surface area contributed by atoms with Gasteiger partial charge >= 0.3 is 0 Å².